The Balaban J connectivity index is 3.40. The zero-order valence-electron chi connectivity index (χ0n) is 5.63. The van der Waals surface area contributed by atoms with Gasteiger partial charge in [-0.15, -0.1) is 0 Å². The van der Waals surface area contributed by atoms with Crippen LogP contribution in [0.1, 0.15) is 5.56 Å². The number of rotatable bonds is 0. The van der Waals surface area contributed by atoms with Crippen LogP contribution < -0.4 is 11.5 Å². The summed E-state index contributed by atoms with van der Waals surface area (Å²) in [6.07, 6.45) is 0. The van der Waals surface area contributed by atoms with E-state index in [1.54, 1.807) is 6.07 Å². The maximum atomic E-state index is 12.7. The van der Waals surface area contributed by atoms with E-state index < -0.39 is 5.82 Å². The molecule has 11 heavy (non-hydrogen) atoms. The smallest absolute Gasteiger partial charge is 0.145 e. The molecular formula is C7H6FN3. The van der Waals surface area contributed by atoms with Gasteiger partial charge in [0.2, 0.25) is 0 Å². The predicted molar refractivity (Wildman–Crippen MR) is 39.9 cm³/mol. The van der Waals surface area contributed by atoms with Crippen molar-refractivity contribution >= 4 is 11.4 Å². The number of halogens is 1. The summed E-state index contributed by atoms with van der Waals surface area (Å²) in [5.41, 5.74) is 10.7. The lowest BCUT2D eigenvalue weighted by Crippen LogP contribution is -1.96. The highest BCUT2D eigenvalue weighted by Gasteiger charge is 2.05. The van der Waals surface area contributed by atoms with Gasteiger partial charge in [0.05, 0.1) is 5.69 Å². The summed E-state index contributed by atoms with van der Waals surface area (Å²) in [7, 11) is 0. The molecule has 4 N–H and O–H groups in total. The molecule has 1 rings (SSSR count). The molecule has 3 nitrogen and oxygen atoms in total. The van der Waals surface area contributed by atoms with E-state index >= 15 is 0 Å². The van der Waals surface area contributed by atoms with Gasteiger partial charge in [0.15, 0.2) is 0 Å². The largest absolute Gasteiger partial charge is 0.399 e. The maximum absolute atomic E-state index is 12.7. The molecule has 1 aromatic rings. The second-order valence-electron chi connectivity index (χ2n) is 2.08. The Hall–Kier alpha value is -1.76. The number of nitrogens with zero attached hydrogens (tertiary/aromatic N) is 1. The minimum absolute atomic E-state index is 0.0741. The van der Waals surface area contributed by atoms with Crippen molar-refractivity contribution in [2.75, 3.05) is 11.5 Å². The molecule has 0 unspecified atom stereocenters. The van der Waals surface area contributed by atoms with Crippen molar-refractivity contribution in [3.05, 3.63) is 23.5 Å². The zero-order valence-corrected chi connectivity index (χ0v) is 5.63. The van der Waals surface area contributed by atoms with Crippen molar-refractivity contribution in [1.29, 1.82) is 5.26 Å². The van der Waals surface area contributed by atoms with E-state index in [1.807, 2.05) is 0 Å². The maximum Gasteiger partial charge on any atom is 0.145 e. The third-order valence-electron chi connectivity index (χ3n) is 1.25. The first-order valence-corrected chi connectivity index (χ1v) is 2.89. The quantitative estimate of drug-likeness (QED) is 0.540. The summed E-state index contributed by atoms with van der Waals surface area (Å²) in [6.45, 7) is 0. The van der Waals surface area contributed by atoms with Crippen LogP contribution in [0.4, 0.5) is 15.8 Å². The summed E-state index contributed by atoms with van der Waals surface area (Å²) in [5.74, 6) is -0.676. The Kier molecular flexibility index (Phi) is 1.65. The van der Waals surface area contributed by atoms with E-state index in [9.17, 15) is 4.39 Å². The van der Waals surface area contributed by atoms with Crippen molar-refractivity contribution < 1.29 is 4.39 Å². The summed E-state index contributed by atoms with van der Waals surface area (Å²) < 4.78 is 12.7. The van der Waals surface area contributed by atoms with Crippen molar-refractivity contribution in [3.8, 4) is 6.07 Å². The van der Waals surface area contributed by atoms with Gasteiger partial charge in [-0.2, -0.15) is 5.26 Å². The molecule has 0 amide bonds. The van der Waals surface area contributed by atoms with Crippen LogP contribution in [0.2, 0.25) is 0 Å². The highest BCUT2D eigenvalue weighted by atomic mass is 19.1. The standard InChI is InChI=1S/C7H6FN3/c8-6-1-4(10)2-7(11)5(6)3-9/h1-2H,10-11H2. The van der Waals surface area contributed by atoms with Crippen LogP contribution in [0.15, 0.2) is 12.1 Å². The van der Waals surface area contributed by atoms with Gasteiger partial charge in [0.25, 0.3) is 0 Å². The SMILES string of the molecule is N#Cc1c(N)cc(N)cc1F. The summed E-state index contributed by atoms with van der Waals surface area (Å²) in [4.78, 5) is 0. The normalized spacial score (nSPS) is 9.09. The van der Waals surface area contributed by atoms with Crippen LogP contribution >= 0.6 is 0 Å². The summed E-state index contributed by atoms with van der Waals surface area (Å²) in [6, 6.07) is 4.05. The highest BCUT2D eigenvalue weighted by molar-refractivity contribution is 5.61. The Morgan fingerprint density at radius 2 is 2.00 bits per heavy atom. The molecule has 0 aliphatic carbocycles. The molecule has 0 aliphatic rings. The molecule has 0 fully saturated rings. The first-order valence-electron chi connectivity index (χ1n) is 2.89. The molecule has 0 radical (unpaired) electrons. The summed E-state index contributed by atoms with van der Waals surface area (Å²) in [5, 5.41) is 8.38. The molecule has 0 atom stereocenters. The van der Waals surface area contributed by atoms with E-state index in [1.165, 1.54) is 6.07 Å². The van der Waals surface area contributed by atoms with Gasteiger partial charge >= 0.3 is 0 Å². The third kappa shape index (κ3) is 1.22. The van der Waals surface area contributed by atoms with Gasteiger partial charge in [-0.25, -0.2) is 4.39 Å². The average molecular weight is 151 g/mol. The minimum atomic E-state index is -0.676. The number of nitrogen functional groups attached to an aromatic ring is 2. The Bertz CT molecular complexity index is 304. The lowest BCUT2D eigenvalue weighted by atomic mass is 10.1. The van der Waals surface area contributed by atoms with Crippen molar-refractivity contribution in [3.63, 3.8) is 0 Å². The monoisotopic (exact) mass is 151 g/mol. The predicted octanol–water partition coefficient (Wildman–Crippen LogP) is 0.862. The molecule has 1 aromatic carbocycles. The van der Waals surface area contributed by atoms with Crippen LogP contribution in [0.5, 0.6) is 0 Å². The van der Waals surface area contributed by atoms with Gasteiger partial charge in [-0.3, -0.25) is 0 Å². The molecular weight excluding hydrogens is 145 g/mol. The van der Waals surface area contributed by atoms with Crippen LogP contribution in [-0.2, 0) is 0 Å². The summed E-state index contributed by atoms with van der Waals surface area (Å²) >= 11 is 0. The van der Waals surface area contributed by atoms with Gasteiger partial charge in [-0.05, 0) is 12.1 Å². The van der Waals surface area contributed by atoms with Crippen LogP contribution in [0.3, 0.4) is 0 Å². The molecule has 0 heterocycles. The van der Waals surface area contributed by atoms with E-state index in [2.05, 4.69) is 0 Å². The number of hydrogen-bond donors (Lipinski definition) is 2. The molecule has 0 saturated heterocycles. The first kappa shape index (κ1) is 7.35. The molecule has 0 aliphatic heterocycles. The Morgan fingerprint density at radius 1 is 1.36 bits per heavy atom. The molecule has 0 aromatic heterocycles. The Labute approximate surface area is 63.0 Å². The lowest BCUT2D eigenvalue weighted by molar-refractivity contribution is 0.625. The Morgan fingerprint density at radius 3 is 2.45 bits per heavy atom. The fourth-order valence-corrected chi connectivity index (χ4v) is 0.768. The van der Waals surface area contributed by atoms with Crippen molar-refractivity contribution in [2.24, 2.45) is 0 Å². The lowest BCUT2D eigenvalue weighted by Gasteiger charge is -1.99. The van der Waals surface area contributed by atoms with Gasteiger partial charge in [0.1, 0.15) is 17.4 Å². The second kappa shape index (κ2) is 2.46. The molecule has 4 heteroatoms. The fraction of sp³-hybridized carbons (Fsp3) is 0. The van der Waals surface area contributed by atoms with E-state index in [0.717, 1.165) is 6.07 Å². The van der Waals surface area contributed by atoms with E-state index in [0.29, 0.717) is 0 Å². The van der Waals surface area contributed by atoms with Gasteiger partial charge in [-0.1, -0.05) is 0 Å². The van der Waals surface area contributed by atoms with Crippen molar-refractivity contribution in [2.45, 2.75) is 0 Å². The third-order valence-corrected chi connectivity index (χ3v) is 1.25. The number of nitriles is 1. The second-order valence-corrected chi connectivity index (χ2v) is 2.08. The number of anilines is 2. The number of nitrogens with two attached hydrogens (primary N) is 2. The number of benzene rings is 1. The van der Waals surface area contributed by atoms with Gasteiger partial charge < -0.3 is 11.5 Å². The van der Waals surface area contributed by atoms with E-state index in [-0.39, 0.29) is 16.9 Å². The molecule has 0 saturated carbocycles. The van der Waals surface area contributed by atoms with Crippen LogP contribution in [0.25, 0.3) is 0 Å². The zero-order chi connectivity index (χ0) is 8.43. The van der Waals surface area contributed by atoms with Gasteiger partial charge in [0, 0.05) is 5.69 Å². The minimum Gasteiger partial charge on any atom is -0.399 e. The fourth-order valence-electron chi connectivity index (χ4n) is 0.768. The van der Waals surface area contributed by atoms with Crippen LogP contribution in [-0.4, -0.2) is 0 Å². The highest BCUT2D eigenvalue weighted by Crippen LogP contribution is 2.18. The average Bonchev–Trinajstić information content (AvgIpc) is 1.85. The van der Waals surface area contributed by atoms with E-state index in [4.69, 9.17) is 16.7 Å². The van der Waals surface area contributed by atoms with Crippen LogP contribution in [0, 0.1) is 17.1 Å². The number of hydrogen-bond acceptors (Lipinski definition) is 3. The molecule has 56 valence electrons. The first-order chi connectivity index (χ1) is 5.15. The molecule has 0 spiro atoms. The molecule has 0 bridgehead atoms. The topological polar surface area (TPSA) is 75.8 Å². The van der Waals surface area contributed by atoms with Crippen molar-refractivity contribution in [1.82, 2.24) is 0 Å².